The maximum atomic E-state index is 13.1. The van der Waals surface area contributed by atoms with Gasteiger partial charge in [-0.3, -0.25) is 14.5 Å². The fraction of sp³-hybridized carbons (Fsp3) is 0.545. The third-order valence-corrected chi connectivity index (χ3v) is 10.8. The van der Waals surface area contributed by atoms with E-state index in [9.17, 15) is 14.7 Å². The molecule has 2 aromatic carbocycles. The highest BCUT2D eigenvalue weighted by Crippen LogP contribution is 2.49. The van der Waals surface area contributed by atoms with Crippen LogP contribution in [0.3, 0.4) is 0 Å². The molecule has 3 aliphatic heterocycles. The van der Waals surface area contributed by atoms with Gasteiger partial charge in [0.25, 0.3) is 0 Å². The summed E-state index contributed by atoms with van der Waals surface area (Å²) in [6.45, 7) is 4.51. The van der Waals surface area contributed by atoms with Crippen LogP contribution >= 0.6 is 0 Å². The zero-order chi connectivity index (χ0) is 27.5. The number of aryl methyl sites for hydroxylation is 1. The van der Waals surface area contributed by atoms with Gasteiger partial charge < -0.3 is 14.6 Å². The number of rotatable bonds is 7. The van der Waals surface area contributed by atoms with Gasteiger partial charge in [0.05, 0.1) is 11.0 Å². The minimum atomic E-state index is -1.14. The molecule has 1 amide bonds. The molecule has 0 spiro atoms. The van der Waals surface area contributed by atoms with E-state index in [-0.39, 0.29) is 11.3 Å². The highest BCUT2D eigenvalue weighted by molar-refractivity contribution is 6.04. The van der Waals surface area contributed by atoms with Crippen LogP contribution in [0.5, 0.6) is 0 Å². The van der Waals surface area contributed by atoms with Crippen LogP contribution in [-0.4, -0.2) is 68.1 Å². The summed E-state index contributed by atoms with van der Waals surface area (Å²) in [5, 5.41) is 9.66. The Morgan fingerprint density at radius 2 is 1.55 bits per heavy atom. The van der Waals surface area contributed by atoms with Crippen molar-refractivity contribution in [3.8, 4) is 0 Å². The van der Waals surface area contributed by atoms with Gasteiger partial charge in [0.2, 0.25) is 5.91 Å². The Morgan fingerprint density at radius 1 is 0.900 bits per heavy atom. The van der Waals surface area contributed by atoms with Crippen molar-refractivity contribution in [2.45, 2.75) is 88.3 Å². The molecule has 1 aliphatic carbocycles. The van der Waals surface area contributed by atoms with Crippen molar-refractivity contribution in [2.24, 2.45) is 5.41 Å². The van der Waals surface area contributed by atoms with Crippen LogP contribution in [0.15, 0.2) is 54.6 Å². The highest BCUT2D eigenvalue weighted by atomic mass is 16.4. The van der Waals surface area contributed by atoms with E-state index in [2.05, 4.69) is 71.0 Å². The van der Waals surface area contributed by atoms with Crippen LogP contribution in [0.25, 0.3) is 11.0 Å². The topological polar surface area (TPSA) is 78.7 Å². The van der Waals surface area contributed by atoms with Crippen molar-refractivity contribution in [2.75, 3.05) is 19.6 Å². The molecule has 40 heavy (non-hydrogen) atoms. The first-order valence-electron chi connectivity index (χ1n) is 15.2. The third-order valence-electron chi connectivity index (χ3n) is 10.8. The van der Waals surface area contributed by atoms with Gasteiger partial charge in [0.15, 0.2) is 0 Å². The van der Waals surface area contributed by atoms with Gasteiger partial charge in [-0.05, 0) is 94.4 Å². The number of hydrogen-bond donors (Lipinski definition) is 1. The van der Waals surface area contributed by atoms with Gasteiger partial charge in [0.1, 0.15) is 11.2 Å². The Kier molecular flexibility index (Phi) is 6.26. The van der Waals surface area contributed by atoms with Crippen molar-refractivity contribution in [3.63, 3.8) is 0 Å². The van der Waals surface area contributed by atoms with E-state index in [1.807, 2.05) is 4.90 Å². The summed E-state index contributed by atoms with van der Waals surface area (Å²) in [7, 11) is 0. The van der Waals surface area contributed by atoms with Crippen molar-refractivity contribution < 1.29 is 14.7 Å². The van der Waals surface area contributed by atoms with E-state index in [4.69, 9.17) is 4.98 Å². The molecule has 4 fully saturated rings. The van der Waals surface area contributed by atoms with E-state index in [0.717, 1.165) is 37.1 Å². The molecule has 0 radical (unpaired) electrons. The van der Waals surface area contributed by atoms with Crippen molar-refractivity contribution in [1.29, 1.82) is 0 Å². The van der Waals surface area contributed by atoms with Gasteiger partial charge >= 0.3 is 5.97 Å². The lowest BCUT2D eigenvalue weighted by atomic mass is 9.70. The molecule has 4 aliphatic rings. The van der Waals surface area contributed by atoms with Crippen molar-refractivity contribution in [1.82, 2.24) is 19.4 Å². The second-order valence-corrected chi connectivity index (χ2v) is 12.8. The Hall–Kier alpha value is -3.19. The normalized spacial score (nSPS) is 27.1. The molecule has 3 atom stereocenters. The van der Waals surface area contributed by atoms with Crippen LogP contribution in [0, 0.1) is 12.3 Å². The summed E-state index contributed by atoms with van der Waals surface area (Å²) in [5.41, 5.74) is 2.60. The fourth-order valence-electron chi connectivity index (χ4n) is 8.35. The number of carbonyl (C=O) groups is 2. The molecule has 3 aromatic rings. The molecule has 7 nitrogen and oxygen atoms in total. The summed E-state index contributed by atoms with van der Waals surface area (Å²) in [6.07, 6.45) is 8.71. The maximum absolute atomic E-state index is 13.1. The number of aromatic nitrogens is 2. The number of carbonyl (C=O) groups excluding carboxylic acids is 1. The molecule has 1 saturated carbocycles. The standard InChI is InChI=1S/C33H40N4O3/c1-23-34-28-9-5-6-10-29(28)37(23)27-21-25-11-12-26(22-27)36(25)20-17-32(24-7-3-2-4-8-24)15-18-35(19-16-32)30(38)33(13-14-33)31(39)40/h2-10,25-27H,11-22H2,1H3,(H,39,40)/t25-,26+,27+. The molecule has 0 unspecified atom stereocenters. The number of carboxylic acids is 1. The molecule has 7 heteroatoms. The Bertz CT molecular complexity index is 1410. The number of hydrogen-bond acceptors (Lipinski definition) is 4. The lowest BCUT2D eigenvalue weighted by molar-refractivity contribution is -0.154. The first-order valence-corrected chi connectivity index (χ1v) is 15.2. The number of amides is 1. The van der Waals surface area contributed by atoms with Gasteiger partial charge in [0, 0.05) is 31.2 Å². The lowest BCUT2D eigenvalue weighted by Gasteiger charge is -2.46. The quantitative estimate of drug-likeness (QED) is 0.410. The molecule has 1 aromatic heterocycles. The minimum Gasteiger partial charge on any atom is -0.480 e. The smallest absolute Gasteiger partial charge is 0.319 e. The van der Waals surface area contributed by atoms with E-state index >= 15 is 0 Å². The van der Waals surface area contributed by atoms with Crippen LogP contribution in [0.1, 0.15) is 75.2 Å². The first kappa shape index (κ1) is 25.8. The summed E-state index contributed by atoms with van der Waals surface area (Å²) >= 11 is 0. The van der Waals surface area contributed by atoms with Crippen LogP contribution in [0.2, 0.25) is 0 Å². The second kappa shape index (κ2) is 9.72. The molecular weight excluding hydrogens is 500 g/mol. The molecule has 4 heterocycles. The van der Waals surface area contributed by atoms with Crippen molar-refractivity contribution in [3.05, 3.63) is 66.0 Å². The Labute approximate surface area is 236 Å². The predicted molar refractivity (Wildman–Crippen MR) is 154 cm³/mol. The van der Waals surface area contributed by atoms with Crippen LogP contribution in [0.4, 0.5) is 0 Å². The third kappa shape index (κ3) is 4.16. The number of piperidine rings is 2. The number of para-hydroxylation sites is 2. The first-order chi connectivity index (χ1) is 19.4. The lowest BCUT2D eigenvalue weighted by Crippen LogP contribution is -2.51. The average molecular weight is 541 g/mol. The maximum Gasteiger partial charge on any atom is 0.319 e. The molecule has 1 N–H and O–H groups in total. The van der Waals surface area contributed by atoms with Crippen LogP contribution < -0.4 is 0 Å². The van der Waals surface area contributed by atoms with E-state index in [1.54, 1.807) is 0 Å². The second-order valence-electron chi connectivity index (χ2n) is 12.8. The van der Waals surface area contributed by atoms with Gasteiger partial charge in [-0.1, -0.05) is 42.5 Å². The number of likely N-dealkylation sites (tertiary alicyclic amines) is 1. The number of benzene rings is 2. The summed E-state index contributed by atoms with van der Waals surface area (Å²) in [5.74, 6) is 0.0125. The number of imidazole rings is 1. The number of aliphatic carboxylic acids is 1. The van der Waals surface area contributed by atoms with Gasteiger partial charge in [-0.25, -0.2) is 4.98 Å². The predicted octanol–water partition coefficient (Wildman–Crippen LogP) is 5.33. The fourth-order valence-corrected chi connectivity index (χ4v) is 8.35. The van der Waals surface area contributed by atoms with Gasteiger partial charge in [-0.15, -0.1) is 0 Å². The molecular formula is C33H40N4O3. The minimum absolute atomic E-state index is 0.0193. The number of nitrogens with zero attached hydrogens (tertiary/aromatic N) is 4. The SMILES string of the molecule is Cc1nc2ccccc2n1[C@H]1C[C@H]2CC[C@@H](C1)N2CCC1(c2ccccc2)CCN(C(=O)C2(C(=O)O)CC2)CC1. The van der Waals surface area contributed by atoms with Crippen molar-refractivity contribution >= 4 is 22.9 Å². The largest absolute Gasteiger partial charge is 0.480 e. The van der Waals surface area contributed by atoms with E-state index in [1.165, 1.54) is 36.8 Å². The summed E-state index contributed by atoms with van der Waals surface area (Å²) in [6, 6.07) is 21.1. The number of carboxylic acid groups (broad SMARTS) is 1. The molecule has 3 saturated heterocycles. The molecule has 7 rings (SSSR count). The number of fused-ring (bicyclic) bond motifs is 3. The zero-order valence-corrected chi connectivity index (χ0v) is 23.5. The molecule has 2 bridgehead atoms. The van der Waals surface area contributed by atoms with E-state index in [0.29, 0.717) is 44.1 Å². The molecule has 210 valence electrons. The summed E-state index contributed by atoms with van der Waals surface area (Å²) in [4.78, 5) is 34.4. The monoisotopic (exact) mass is 540 g/mol. The Morgan fingerprint density at radius 3 is 2.20 bits per heavy atom. The van der Waals surface area contributed by atoms with E-state index < -0.39 is 11.4 Å². The average Bonchev–Trinajstić information content (AvgIpc) is 3.67. The highest BCUT2D eigenvalue weighted by Gasteiger charge is 2.59. The zero-order valence-electron chi connectivity index (χ0n) is 23.5. The van der Waals surface area contributed by atoms with Gasteiger partial charge in [-0.2, -0.15) is 0 Å². The summed E-state index contributed by atoms with van der Waals surface area (Å²) < 4.78 is 2.50. The Balaban J connectivity index is 1.06. The van der Waals surface area contributed by atoms with Crippen LogP contribution in [-0.2, 0) is 15.0 Å².